The highest BCUT2D eigenvalue weighted by atomic mass is 15.0. The third-order valence-corrected chi connectivity index (χ3v) is 3.22. The van der Waals surface area contributed by atoms with Crippen LogP contribution in [0.25, 0.3) is 21.8 Å². The molecule has 0 aliphatic carbocycles. The topological polar surface area (TPSA) is 17.8 Å². The van der Waals surface area contributed by atoms with E-state index in [1.807, 2.05) is 12.4 Å². The molecule has 2 aromatic heterocycles. The first-order valence-corrected chi connectivity index (χ1v) is 5.64. The number of aromatic nitrogens is 2. The van der Waals surface area contributed by atoms with Crippen LogP contribution in [0.2, 0.25) is 0 Å². The lowest BCUT2D eigenvalue weighted by atomic mass is 10.1. The van der Waals surface area contributed by atoms with Crippen molar-refractivity contribution in [2.75, 3.05) is 0 Å². The Hall–Kier alpha value is -1.83. The second kappa shape index (κ2) is 3.34. The molecule has 0 atom stereocenters. The lowest BCUT2D eigenvalue weighted by Crippen LogP contribution is -1.92. The van der Waals surface area contributed by atoms with Crippen LogP contribution in [0.4, 0.5) is 0 Å². The van der Waals surface area contributed by atoms with Crippen LogP contribution in [0.1, 0.15) is 12.5 Å². The van der Waals surface area contributed by atoms with Gasteiger partial charge < -0.3 is 4.57 Å². The van der Waals surface area contributed by atoms with Gasteiger partial charge in [-0.1, -0.05) is 12.1 Å². The van der Waals surface area contributed by atoms with Crippen LogP contribution >= 0.6 is 0 Å². The lowest BCUT2D eigenvalue weighted by Gasteiger charge is -2.02. The Bertz CT molecular complexity index is 665. The standard InChI is InChI=1S/C14H14N2/c1-3-16-12-6-4-5-10(2)14(12)11-7-8-15-9-13(11)16/h4-9H,3H2,1-2H3. The van der Waals surface area contributed by atoms with Gasteiger partial charge in [0.25, 0.3) is 0 Å². The molecule has 0 amide bonds. The van der Waals surface area contributed by atoms with Crippen molar-refractivity contribution in [3.05, 3.63) is 42.2 Å². The molecule has 16 heavy (non-hydrogen) atoms. The maximum atomic E-state index is 4.23. The first-order valence-electron chi connectivity index (χ1n) is 5.64. The lowest BCUT2D eigenvalue weighted by molar-refractivity contribution is 0.825. The molecule has 0 radical (unpaired) electrons. The summed E-state index contributed by atoms with van der Waals surface area (Å²) in [7, 11) is 0. The van der Waals surface area contributed by atoms with E-state index in [9.17, 15) is 0 Å². The van der Waals surface area contributed by atoms with Crippen molar-refractivity contribution in [3.8, 4) is 0 Å². The summed E-state index contributed by atoms with van der Waals surface area (Å²) >= 11 is 0. The van der Waals surface area contributed by atoms with Crippen molar-refractivity contribution in [2.45, 2.75) is 20.4 Å². The Balaban J connectivity index is 2.64. The van der Waals surface area contributed by atoms with E-state index in [1.165, 1.54) is 27.4 Å². The highest BCUT2D eigenvalue weighted by Gasteiger charge is 2.10. The Labute approximate surface area is 94.5 Å². The molecule has 2 heterocycles. The zero-order valence-corrected chi connectivity index (χ0v) is 9.57. The fraction of sp³-hybridized carbons (Fsp3) is 0.214. The number of fused-ring (bicyclic) bond motifs is 3. The van der Waals surface area contributed by atoms with Crippen molar-refractivity contribution in [1.29, 1.82) is 0 Å². The van der Waals surface area contributed by atoms with Crippen LogP contribution in [-0.4, -0.2) is 9.55 Å². The van der Waals surface area contributed by atoms with Gasteiger partial charge in [0, 0.05) is 29.0 Å². The van der Waals surface area contributed by atoms with E-state index in [4.69, 9.17) is 0 Å². The number of nitrogens with zero attached hydrogens (tertiary/aromatic N) is 2. The zero-order chi connectivity index (χ0) is 11.1. The highest BCUT2D eigenvalue weighted by molar-refractivity contribution is 6.09. The number of benzene rings is 1. The fourth-order valence-corrected chi connectivity index (χ4v) is 2.51. The summed E-state index contributed by atoms with van der Waals surface area (Å²) in [5, 5.41) is 2.67. The van der Waals surface area contributed by atoms with Gasteiger partial charge in [0.1, 0.15) is 0 Å². The second-order valence-electron chi connectivity index (χ2n) is 4.11. The molecule has 0 spiro atoms. The Kier molecular flexibility index (Phi) is 1.96. The van der Waals surface area contributed by atoms with Crippen molar-refractivity contribution in [3.63, 3.8) is 0 Å². The second-order valence-corrected chi connectivity index (χ2v) is 4.11. The van der Waals surface area contributed by atoms with Gasteiger partial charge in [-0.25, -0.2) is 0 Å². The summed E-state index contributed by atoms with van der Waals surface area (Å²) in [4.78, 5) is 4.23. The van der Waals surface area contributed by atoms with Crippen molar-refractivity contribution >= 4 is 21.8 Å². The SMILES string of the molecule is CCn1c2cnccc2c2c(C)cccc21. The third kappa shape index (κ3) is 1.10. The van der Waals surface area contributed by atoms with Crippen LogP contribution < -0.4 is 0 Å². The molecule has 0 saturated carbocycles. The van der Waals surface area contributed by atoms with Crippen molar-refractivity contribution in [1.82, 2.24) is 9.55 Å². The number of aryl methyl sites for hydroxylation is 2. The summed E-state index contributed by atoms with van der Waals surface area (Å²) in [5.74, 6) is 0. The minimum absolute atomic E-state index is 0.981. The number of pyridine rings is 1. The van der Waals surface area contributed by atoms with Gasteiger partial charge in [-0.2, -0.15) is 0 Å². The zero-order valence-electron chi connectivity index (χ0n) is 9.57. The molecule has 0 fully saturated rings. The fourth-order valence-electron chi connectivity index (χ4n) is 2.51. The van der Waals surface area contributed by atoms with E-state index in [0.29, 0.717) is 0 Å². The van der Waals surface area contributed by atoms with Gasteiger partial charge in [0.15, 0.2) is 0 Å². The number of hydrogen-bond acceptors (Lipinski definition) is 1. The normalized spacial score (nSPS) is 11.4. The highest BCUT2D eigenvalue weighted by Crippen LogP contribution is 2.30. The number of hydrogen-bond donors (Lipinski definition) is 0. The molecule has 0 aliphatic rings. The van der Waals surface area contributed by atoms with E-state index >= 15 is 0 Å². The maximum absolute atomic E-state index is 4.23. The molecule has 2 heteroatoms. The predicted molar refractivity (Wildman–Crippen MR) is 67.7 cm³/mol. The van der Waals surface area contributed by atoms with E-state index in [2.05, 4.69) is 47.7 Å². The molecule has 2 nitrogen and oxygen atoms in total. The molecule has 0 saturated heterocycles. The average Bonchev–Trinajstić information content (AvgIpc) is 2.64. The van der Waals surface area contributed by atoms with Crippen LogP contribution in [0.5, 0.6) is 0 Å². The van der Waals surface area contributed by atoms with Gasteiger partial charge in [-0.3, -0.25) is 4.98 Å². The molecule has 0 bridgehead atoms. The van der Waals surface area contributed by atoms with E-state index in [1.54, 1.807) is 0 Å². The summed E-state index contributed by atoms with van der Waals surface area (Å²) in [6.45, 7) is 5.32. The van der Waals surface area contributed by atoms with Crippen LogP contribution in [0, 0.1) is 6.92 Å². The van der Waals surface area contributed by atoms with Gasteiger partial charge in [0.2, 0.25) is 0 Å². The smallest absolute Gasteiger partial charge is 0.0677 e. The summed E-state index contributed by atoms with van der Waals surface area (Å²) in [5.41, 5.74) is 3.88. The first kappa shape index (κ1) is 9.40. The quantitative estimate of drug-likeness (QED) is 0.601. The maximum Gasteiger partial charge on any atom is 0.0677 e. The Morgan fingerprint density at radius 1 is 1.19 bits per heavy atom. The molecular weight excluding hydrogens is 196 g/mol. The Morgan fingerprint density at radius 3 is 2.88 bits per heavy atom. The predicted octanol–water partition coefficient (Wildman–Crippen LogP) is 3.52. The minimum atomic E-state index is 0.981. The third-order valence-electron chi connectivity index (χ3n) is 3.22. The molecule has 80 valence electrons. The molecular formula is C14H14N2. The van der Waals surface area contributed by atoms with Gasteiger partial charge in [-0.05, 0) is 31.5 Å². The molecule has 0 unspecified atom stereocenters. The van der Waals surface area contributed by atoms with Gasteiger partial charge >= 0.3 is 0 Å². The minimum Gasteiger partial charge on any atom is -0.339 e. The van der Waals surface area contributed by atoms with Crippen LogP contribution in [0.3, 0.4) is 0 Å². The van der Waals surface area contributed by atoms with Gasteiger partial charge in [-0.15, -0.1) is 0 Å². The summed E-state index contributed by atoms with van der Waals surface area (Å²) in [6.07, 6.45) is 3.83. The van der Waals surface area contributed by atoms with Crippen molar-refractivity contribution < 1.29 is 0 Å². The summed E-state index contributed by atoms with van der Waals surface area (Å²) in [6, 6.07) is 8.58. The van der Waals surface area contributed by atoms with Crippen molar-refractivity contribution in [2.24, 2.45) is 0 Å². The van der Waals surface area contributed by atoms with E-state index < -0.39 is 0 Å². The van der Waals surface area contributed by atoms with E-state index in [-0.39, 0.29) is 0 Å². The molecule has 0 N–H and O–H groups in total. The largest absolute Gasteiger partial charge is 0.339 e. The first-order chi connectivity index (χ1) is 7.83. The molecule has 3 aromatic rings. The van der Waals surface area contributed by atoms with Crippen LogP contribution in [-0.2, 0) is 6.54 Å². The Morgan fingerprint density at radius 2 is 2.06 bits per heavy atom. The van der Waals surface area contributed by atoms with E-state index in [0.717, 1.165) is 6.54 Å². The molecule has 1 aromatic carbocycles. The molecule has 3 rings (SSSR count). The van der Waals surface area contributed by atoms with Gasteiger partial charge in [0.05, 0.1) is 11.7 Å². The summed E-state index contributed by atoms with van der Waals surface area (Å²) < 4.78 is 2.32. The molecule has 0 aliphatic heterocycles. The number of rotatable bonds is 1. The average molecular weight is 210 g/mol. The monoisotopic (exact) mass is 210 g/mol. The van der Waals surface area contributed by atoms with Crippen LogP contribution in [0.15, 0.2) is 36.7 Å².